The Morgan fingerprint density at radius 3 is 2.88 bits per heavy atom. The predicted molar refractivity (Wildman–Crippen MR) is 60.8 cm³/mol. The van der Waals surface area contributed by atoms with E-state index in [1.165, 1.54) is 0 Å². The molecule has 0 aromatic carbocycles. The van der Waals surface area contributed by atoms with Crippen molar-refractivity contribution in [2.45, 2.75) is 32.4 Å². The van der Waals surface area contributed by atoms with Gasteiger partial charge in [0.25, 0.3) is 0 Å². The zero-order valence-corrected chi connectivity index (χ0v) is 10.1. The number of primary amides is 1. The normalized spacial score (nSPS) is 24.6. The van der Waals surface area contributed by atoms with Crippen LogP contribution in [0.3, 0.4) is 0 Å². The molecule has 2 atom stereocenters. The van der Waals surface area contributed by atoms with E-state index in [0.717, 1.165) is 6.54 Å². The quantitative estimate of drug-likeness (QED) is 0.672. The number of rotatable bonds is 5. The lowest BCUT2D eigenvalue weighted by Crippen LogP contribution is -2.50. The van der Waals surface area contributed by atoms with E-state index in [4.69, 9.17) is 10.5 Å². The first kappa shape index (κ1) is 13.4. The number of carbonyl (C=O) groups is 1. The lowest BCUT2D eigenvalue weighted by molar-refractivity contribution is -0.121. The first-order valence-corrected chi connectivity index (χ1v) is 5.79. The Morgan fingerprint density at radius 2 is 2.31 bits per heavy atom. The molecule has 1 saturated heterocycles. The number of ether oxygens (including phenoxy) is 1. The summed E-state index contributed by atoms with van der Waals surface area (Å²) in [6, 6.07) is 0.0136. The minimum absolute atomic E-state index is 0.0136. The monoisotopic (exact) mass is 230 g/mol. The molecule has 0 aromatic rings. The summed E-state index contributed by atoms with van der Waals surface area (Å²) in [7, 11) is 0. The minimum atomic E-state index is -0.367. The summed E-state index contributed by atoms with van der Waals surface area (Å²) in [5.74, 6) is -0.100. The predicted octanol–water partition coefficient (Wildman–Crippen LogP) is -0.420. The Morgan fingerprint density at radius 1 is 1.62 bits per heavy atom. The molecule has 94 valence electrons. The van der Waals surface area contributed by atoms with E-state index in [1.807, 2.05) is 13.8 Å². The van der Waals surface area contributed by atoms with E-state index in [0.29, 0.717) is 26.2 Å². The zero-order valence-electron chi connectivity index (χ0n) is 10.1. The summed E-state index contributed by atoms with van der Waals surface area (Å²) in [6.45, 7) is 6.47. The van der Waals surface area contributed by atoms with Gasteiger partial charge in [-0.1, -0.05) is 13.8 Å². The van der Waals surface area contributed by atoms with Crippen LogP contribution in [-0.4, -0.2) is 54.4 Å². The highest BCUT2D eigenvalue weighted by molar-refractivity contribution is 5.74. The van der Waals surface area contributed by atoms with Gasteiger partial charge in [0, 0.05) is 25.6 Å². The summed E-state index contributed by atoms with van der Waals surface area (Å²) in [5, 5.41) is 9.83. The Labute approximate surface area is 96.6 Å². The molecule has 5 nitrogen and oxygen atoms in total. The van der Waals surface area contributed by atoms with Crippen molar-refractivity contribution in [1.82, 2.24) is 4.90 Å². The van der Waals surface area contributed by atoms with Crippen LogP contribution in [0.25, 0.3) is 0 Å². The third-order valence-corrected chi connectivity index (χ3v) is 2.98. The van der Waals surface area contributed by atoms with Crippen LogP contribution in [0.15, 0.2) is 0 Å². The topological polar surface area (TPSA) is 75.8 Å². The van der Waals surface area contributed by atoms with Crippen molar-refractivity contribution < 1.29 is 14.6 Å². The molecule has 2 unspecified atom stereocenters. The number of hydrogen-bond donors (Lipinski definition) is 2. The average Bonchev–Trinajstić information content (AvgIpc) is 2.20. The first-order valence-electron chi connectivity index (χ1n) is 5.79. The molecule has 0 radical (unpaired) electrons. The van der Waals surface area contributed by atoms with Crippen LogP contribution in [0, 0.1) is 5.92 Å². The fraction of sp³-hybridized carbons (Fsp3) is 0.909. The Kier molecular flexibility index (Phi) is 5.18. The molecule has 16 heavy (non-hydrogen) atoms. The Hall–Kier alpha value is -0.650. The second-order valence-corrected chi connectivity index (χ2v) is 4.71. The molecule has 1 amide bonds. The summed E-state index contributed by atoms with van der Waals surface area (Å²) >= 11 is 0. The van der Waals surface area contributed by atoms with Gasteiger partial charge in [-0.2, -0.15) is 0 Å². The van der Waals surface area contributed by atoms with E-state index >= 15 is 0 Å². The van der Waals surface area contributed by atoms with E-state index in [2.05, 4.69) is 4.90 Å². The van der Waals surface area contributed by atoms with Crippen molar-refractivity contribution in [2.24, 2.45) is 11.7 Å². The van der Waals surface area contributed by atoms with Gasteiger partial charge in [-0.15, -0.1) is 0 Å². The van der Waals surface area contributed by atoms with Gasteiger partial charge in [0.1, 0.15) is 0 Å². The average molecular weight is 230 g/mol. The van der Waals surface area contributed by atoms with Gasteiger partial charge in [-0.3, -0.25) is 9.69 Å². The molecular weight excluding hydrogens is 208 g/mol. The largest absolute Gasteiger partial charge is 0.392 e. The van der Waals surface area contributed by atoms with Crippen LogP contribution in [0.5, 0.6) is 0 Å². The highest BCUT2D eigenvalue weighted by atomic mass is 16.5. The zero-order chi connectivity index (χ0) is 12.1. The van der Waals surface area contributed by atoms with Gasteiger partial charge in [-0.05, 0) is 5.92 Å². The number of β-amino-alcohol motifs (C(OH)–C–C–N with tert-alkyl or cyclic N) is 1. The van der Waals surface area contributed by atoms with Crippen LogP contribution in [-0.2, 0) is 9.53 Å². The SMILES string of the molecule is CC(C)C(O)CN1CCOCC1CC(N)=O. The number of amides is 1. The molecule has 0 aromatic heterocycles. The molecule has 5 heteroatoms. The van der Waals surface area contributed by atoms with Crippen molar-refractivity contribution in [1.29, 1.82) is 0 Å². The highest BCUT2D eigenvalue weighted by Gasteiger charge is 2.26. The highest BCUT2D eigenvalue weighted by Crippen LogP contribution is 2.13. The number of morpholine rings is 1. The van der Waals surface area contributed by atoms with Gasteiger partial charge in [0.15, 0.2) is 0 Å². The van der Waals surface area contributed by atoms with Crippen molar-refractivity contribution in [3.63, 3.8) is 0 Å². The van der Waals surface area contributed by atoms with Crippen LogP contribution in [0.4, 0.5) is 0 Å². The molecule has 1 fully saturated rings. The smallest absolute Gasteiger partial charge is 0.219 e. The number of aliphatic hydroxyl groups excluding tert-OH is 1. The number of carbonyl (C=O) groups excluding carboxylic acids is 1. The number of nitrogens with two attached hydrogens (primary N) is 1. The van der Waals surface area contributed by atoms with Gasteiger partial charge in [-0.25, -0.2) is 0 Å². The number of nitrogens with zero attached hydrogens (tertiary/aromatic N) is 1. The fourth-order valence-corrected chi connectivity index (χ4v) is 1.80. The first-order chi connectivity index (χ1) is 7.50. The molecule has 1 rings (SSSR count). The third kappa shape index (κ3) is 4.08. The van der Waals surface area contributed by atoms with Crippen LogP contribution in [0.1, 0.15) is 20.3 Å². The van der Waals surface area contributed by atoms with Gasteiger partial charge < -0.3 is 15.6 Å². The number of aliphatic hydroxyl groups is 1. The van der Waals surface area contributed by atoms with Crippen LogP contribution < -0.4 is 5.73 Å². The van der Waals surface area contributed by atoms with Crippen molar-refractivity contribution >= 4 is 5.91 Å². The Bertz CT molecular complexity index is 233. The second kappa shape index (κ2) is 6.18. The molecule has 0 bridgehead atoms. The summed E-state index contributed by atoms with van der Waals surface area (Å²) in [5.41, 5.74) is 5.19. The van der Waals surface area contributed by atoms with E-state index in [9.17, 15) is 9.90 Å². The molecule has 0 aliphatic carbocycles. The second-order valence-electron chi connectivity index (χ2n) is 4.71. The standard InChI is InChI=1S/C11H22N2O3/c1-8(2)10(14)6-13-3-4-16-7-9(13)5-11(12)15/h8-10,14H,3-7H2,1-2H3,(H2,12,15). The summed E-state index contributed by atoms with van der Waals surface area (Å²) in [6.07, 6.45) is -0.0707. The molecule has 3 N–H and O–H groups in total. The number of hydrogen-bond acceptors (Lipinski definition) is 4. The molecule has 1 aliphatic rings. The molecule has 1 heterocycles. The maximum absolute atomic E-state index is 10.9. The van der Waals surface area contributed by atoms with E-state index < -0.39 is 0 Å². The fourth-order valence-electron chi connectivity index (χ4n) is 1.80. The maximum atomic E-state index is 10.9. The third-order valence-electron chi connectivity index (χ3n) is 2.98. The lowest BCUT2D eigenvalue weighted by atomic mass is 10.0. The van der Waals surface area contributed by atoms with Crippen LogP contribution in [0.2, 0.25) is 0 Å². The molecule has 0 spiro atoms. The van der Waals surface area contributed by atoms with E-state index in [1.54, 1.807) is 0 Å². The van der Waals surface area contributed by atoms with Crippen molar-refractivity contribution in [2.75, 3.05) is 26.3 Å². The summed E-state index contributed by atoms with van der Waals surface area (Å²) in [4.78, 5) is 13.0. The van der Waals surface area contributed by atoms with Crippen molar-refractivity contribution in [3.05, 3.63) is 0 Å². The van der Waals surface area contributed by atoms with Crippen molar-refractivity contribution in [3.8, 4) is 0 Å². The minimum Gasteiger partial charge on any atom is -0.392 e. The van der Waals surface area contributed by atoms with Crippen LogP contribution >= 0.6 is 0 Å². The molecular formula is C11H22N2O3. The maximum Gasteiger partial charge on any atom is 0.219 e. The molecule has 1 aliphatic heterocycles. The van der Waals surface area contributed by atoms with Gasteiger partial charge in [0.2, 0.25) is 5.91 Å². The molecule has 0 saturated carbocycles. The van der Waals surface area contributed by atoms with Gasteiger partial charge >= 0.3 is 0 Å². The van der Waals surface area contributed by atoms with E-state index in [-0.39, 0.29) is 24.0 Å². The Balaban J connectivity index is 2.49. The lowest BCUT2D eigenvalue weighted by Gasteiger charge is -2.36. The summed E-state index contributed by atoms with van der Waals surface area (Å²) < 4.78 is 5.32. The van der Waals surface area contributed by atoms with Gasteiger partial charge in [0.05, 0.1) is 19.3 Å².